The van der Waals surface area contributed by atoms with Crippen molar-refractivity contribution in [1.82, 2.24) is 9.97 Å². The third kappa shape index (κ3) is 3.21. The minimum absolute atomic E-state index is 0.206. The second kappa shape index (κ2) is 6.68. The molecule has 6 nitrogen and oxygen atoms in total. The first-order valence-electron chi connectivity index (χ1n) is 8.12. The van der Waals surface area contributed by atoms with E-state index in [1.807, 2.05) is 6.07 Å². The molecular formula is C19H17N5OS. The lowest BCUT2D eigenvalue weighted by Crippen LogP contribution is -2.14. The third-order valence-electron chi connectivity index (χ3n) is 4.05. The summed E-state index contributed by atoms with van der Waals surface area (Å²) in [6.45, 7) is 1.76. The van der Waals surface area contributed by atoms with Crippen LogP contribution in [0.25, 0.3) is 0 Å². The number of aromatic amines is 1. The maximum Gasteiger partial charge on any atom is 0.252 e. The molecule has 0 amide bonds. The highest BCUT2D eigenvalue weighted by atomic mass is 32.2. The highest BCUT2D eigenvalue weighted by molar-refractivity contribution is 7.99. The fraction of sp³-hybridized carbons (Fsp3) is 0.105. The van der Waals surface area contributed by atoms with Gasteiger partial charge in [0, 0.05) is 28.6 Å². The molecule has 7 heteroatoms. The van der Waals surface area contributed by atoms with Gasteiger partial charge in [-0.1, -0.05) is 30.0 Å². The van der Waals surface area contributed by atoms with E-state index in [1.165, 1.54) is 27.2 Å². The largest absolute Gasteiger partial charge is 0.343 e. The van der Waals surface area contributed by atoms with Gasteiger partial charge in [0.1, 0.15) is 0 Å². The zero-order chi connectivity index (χ0) is 18.1. The Kier molecular flexibility index (Phi) is 4.22. The van der Waals surface area contributed by atoms with Crippen molar-refractivity contribution in [2.75, 3.05) is 17.4 Å². The average molecular weight is 363 g/mol. The van der Waals surface area contributed by atoms with E-state index in [0.717, 1.165) is 5.56 Å². The summed E-state index contributed by atoms with van der Waals surface area (Å²) in [6.07, 6.45) is 1.71. The Balaban J connectivity index is 1.56. The quantitative estimate of drug-likeness (QED) is 0.548. The van der Waals surface area contributed by atoms with E-state index in [0.29, 0.717) is 11.6 Å². The van der Waals surface area contributed by atoms with Crippen molar-refractivity contribution in [2.24, 2.45) is 5.10 Å². The van der Waals surface area contributed by atoms with E-state index in [2.05, 4.69) is 68.8 Å². The van der Waals surface area contributed by atoms with Crippen molar-refractivity contribution in [1.29, 1.82) is 0 Å². The summed E-state index contributed by atoms with van der Waals surface area (Å²) in [5, 5.41) is 4.18. The number of rotatable bonds is 3. The molecule has 26 heavy (non-hydrogen) atoms. The van der Waals surface area contributed by atoms with Gasteiger partial charge < -0.3 is 4.90 Å². The van der Waals surface area contributed by atoms with Crippen LogP contribution in [-0.2, 0) is 0 Å². The molecule has 0 bridgehead atoms. The number of anilines is 3. The van der Waals surface area contributed by atoms with Crippen LogP contribution in [-0.4, -0.2) is 23.2 Å². The molecule has 2 N–H and O–H groups in total. The number of H-pyrrole nitrogens is 1. The minimum Gasteiger partial charge on any atom is -0.343 e. The summed E-state index contributed by atoms with van der Waals surface area (Å²) in [5.74, 6) is 0.326. The van der Waals surface area contributed by atoms with Crippen LogP contribution in [0.2, 0.25) is 0 Å². The molecule has 4 rings (SSSR count). The fourth-order valence-corrected chi connectivity index (χ4v) is 4.04. The van der Waals surface area contributed by atoms with Gasteiger partial charge in [0.2, 0.25) is 5.95 Å². The van der Waals surface area contributed by atoms with E-state index in [-0.39, 0.29) is 5.56 Å². The van der Waals surface area contributed by atoms with E-state index in [9.17, 15) is 4.79 Å². The smallest absolute Gasteiger partial charge is 0.252 e. The topological polar surface area (TPSA) is 73.4 Å². The number of aromatic nitrogens is 2. The van der Waals surface area contributed by atoms with Gasteiger partial charge in [0.05, 0.1) is 17.6 Å². The number of hydrazone groups is 1. The number of fused-ring (bicyclic) bond motifs is 2. The number of para-hydroxylation sites is 1. The number of nitrogens with zero attached hydrogens (tertiary/aromatic N) is 3. The molecule has 0 radical (unpaired) electrons. The van der Waals surface area contributed by atoms with E-state index < -0.39 is 0 Å². The van der Waals surface area contributed by atoms with Gasteiger partial charge in [0.15, 0.2) is 0 Å². The molecule has 2 aromatic carbocycles. The van der Waals surface area contributed by atoms with Crippen LogP contribution in [0.4, 0.5) is 17.3 Å². The Hall–Kier alpha value is -3.06. The van der Waals surface area contributed by atoms with Crippen LogP contribution >= 0.6 is 11.8 Å². The normalized spacial score (nSPS) is 12.8. The Morgan fingerprint density at radius 2 is 1.96 bits per heavy atom. The predicted molar refractivity (Wildman–Crippen MR) is 106 cm³/mol. The van der Waals surface area contributed by atoms with Crippen LogP contribution in [0.15, 0.2) is 68.2 Å². The van der Waals surface area contributed by atoms with Gasteiger partial charge in [-0.25, -0.2) is 10.4 Å². The Bertz CT molecular complexity index is 1060. The molecule has 1 aromatic heterocycles. The first kappa shape index (κ1) is 16.4. The summed E-state index contributed by atoms with van der Waals surface area (Å²) in [7, 11) is 2.08. The molecule has 1 aliphatic heterocycles. The summed E-state index contributed by atoms with van der Waals surface area (Å²) in [4.78, 5) is 22.8. The zero-order valence-electron chi connectivity index (χ0n) is 14.4. The van der Waals surface area contributed by atoms with Crippen molar-refractivity contribution < 1.29 is 0 Å². The van der Waals surface area contributed by atoms with Crippen molar-refractivity contribution in [3.05, 3.63) is 70.1 Å². The van der Waals surface area contributed by atoms with Gasteiger partial charge >= 0.3 is 0 Å². The Morgan fingerprint density at radius 1 is 1.15 bits per heavy atom. The predicted octanol–water partition coefficient (Wildman–Crippen LogP) is 3.76. The lowest BCUT2D eigenvalue weighted by atomic mass is 10.2. The van der Waals surface area contributed by atoms with Crippen molar-refractivity contribution in [3.63, 3.8) is 0 Å². The summed E-state index contributed by atoms with van der Waals surface area (Å²) in [5.41, 5.74) is 6.54. The number of nitrogens with one attached hydrogen (secondary N) is 2. The molecule has 130 valence electrons. The molecule has 0 saturated carbocycles. The molecule has 0 fully saturated rings. The Morgan fingerprint density at radius 3 is 2.81 bits per heavy atom. The second-order valence-corrected chi connectivity index (χ2v) is 7.05. The molecule has 0 aliphatic carbocycles. The van der Waals surface area contributed by atoms with Crippen molar-refractivity contribution in [3.8, 4) is 0 Å². The SMILES string of the molecule is Cc1cc(=O)[nH]c(NN=Cc2ccc3c(c2)Sc2ccccc2N3C)n1. The fourth-order valence-electron chi connectivity index (χ4n) is 2.84. The molecule has 0 spiro atoms. The maximum absolute atomic E-state index is 11.4. The second-order valence-electron chi connectivity index (χ2n) is 5.96. The molecule has 3 aromatic rings. The Labute approximate surface area is 155 Å². The lowest BCUT2D eigenvalue weighted by molar-refractivity contribution is 1.04. The van der Waals surface area contributed by atoms with Gasteiger partial charge in [0.25, 0.3) is 5.56 Å². The first-order valence-corrected chi connectivity index (χ1v) is 8.93. The van der Waals surface area contributed by atoms with Crippen LogP contribution in [0, 0.1) is 6.92 Å². The van der Waals surface area contributed by atoms with Crippen LogP contribution < -0.4 is 15.9 Å². The zero-order valence-corrected chi connectivity index (χ0v) is 15.2. The summed E-state index contributed by atoms with van der Waals surface area (Å²) in [6, 6.07) is 16.0. The molecular weight excluding hydrogens is 346 g/mol. The van der Waals surface area contributed by atoms with Crippen molar-refractivity contribution in [2.45, 2.75) is 16.7 Å². The number of hydrogen-bond acceptors (Lipinski definition) is 6. The van der Waals surface area contributed by atoms with E-state index in [4.69, 9.17) is 0 Å². The van der Waals surface area contributed by atoms with Gasteiger partial charge in [-0.15, -0.1) is 0 Å². The van der Waals surface area contributed by atoms with Gasteiger partial charge in [-0.2, -0.15) is 5.10 Å². The molecule has 0 atom stereocenters. The average Bonchev–Trinajstić information content (AvgIpc) is 2.61. The van der Waals surface area contributed by atoms with Gasteiger partial charge in [-0.05, 0) is 36.8 Å². The highest BCUT2D eigenvalue weighted by Gasteiger charge is 2.20. The molecule has 2 heterocycles. The van der Waals surface area contributed by atoms with Crippen molar-refractivity contribution >= 4 is 35.3 Å². The summed E-state index contributed by atoms with van der Waals surface area (Å²) < 4.78 is 0. The summed E-state index contributed by atoms with van der Waals surface area (Å²) >= 11 is 1.75. The van der Waals surface area contributed by atoms with Crippen LogP contribution in [0.1, 0.15) is 11.3 Å². The third-order valence-corrected chi connectivity index (χ3v) is 5.16. The lowest BCUT2D eigenvalue weighted by Gasteiger charge is -2.29. The number of benzene rings is 2. The molecule has 1 aliphatic rings. The van der Waals surface area contributed by atoms with Crippen LogP contribution in [0.5, 0.6) is 0 Å². The maximum atomic E-state index is 11.4. The van der Waals surface area contributed by atoms with Gasteiger partial charge in [-0.3, -0.25) is 9.78 Å². The number of aryl methyl sites for hydroxylation is 1. The van der Waals surface area contributed by atoms with Crippen LogP contribution in [0.3, 0.4) is 0 Å². The molecule has 0 saturated heterocycles. The standard InChI is InChI=1S/C19H17N5OS/c1-12-9-18(25)22-19(21-12)23-20-11-13-7-8-15-17(10-13)26-16-6-4-3-5-14(16)24(15)2/h3-11H,1-2H3,(H2,21,22,23,25). The first-order chi connectivity index (χ1) is 12.6. The minimum atomic E-state index is -0.206. The number of hydrogen-bond donors (Lipinski definition) is 2. The highest BCUT2D eigenvalue weighted by Crippen LogP contribution is 2.47. The monoisotopic (exact) mass is 363 g/mol. The van der Waals surface area contributed by atoms with E-state index in [1.54, 1.807) is 24.9 Å². The van der Waals surface area contributed by atoms with E-state index >= 15 is 0 Å². The molecule has 0 unspecified atom stereocenters.